The molecule has 0 spiro atoms. The second-order valence-corrected chi connectivity index (χ2v) is 13.3. The summed E-state index contributed by atoms with van der Waals surface area (Å²) in [7, 11) is -3.87. The molecule has 2 unspecified atom stereocenters. The molecule has 1 aromatic carbocycles. The van der Waals surface area contributed by atoms with E-state index in [1.165, 1.54) is 18.2 Å². The van der Waals surface area contributed by atoms with Crippen LogP contribution in [0.4, 0.5) is 4.39 Å². The SMILES string of the molecule is NC(=O)C12CC3CC(C1)C(CC(=O)C1(CCS(=O)(=O)c4cccc(Cl)c4F)CC1)C(C3)C2. The van der Waals surface area contributed by atoms with Gasteiger partial charge in [0.1, 0.15) is 10.7 Å². The Labute approximate surface area is 193 Å². The van der Waals surface area contributed by atoms with Gasteiger partial charge < -0.3 is 5.73 Å². The van der Waals surface area contributed by atoms with Gasteiger partial charge in [0.25, 0.3) is 0 Å². The molecule has 2 atom stereocenters. The molecule has 8 heteroatoms. The van der Waals surface area contributed by atoms with E-state index in [4.69, 9.17) is 17.3 Å². The van der Waals surface area contributed by atoms with E-state index in [1.807, 2.05) is 0 Å². The zero-order chi connectivity index (χ0) is 22.9. The van der Waals surface area contributed by atoms with E-state index in [-0.39, 0.29) is 40.2 Å². The van der Waals surface area contributed by atoms with Crippen LogP contribution in [0.3, 0.4) is 0 Å². The van der Waals surface area contributed by atoms with Crippen LogP contribution in [-0.4, -0.2) is 25.9 Å². The molecule has 5 aliphatic carbocycles. The summed E-state index contributed by atoms with van der Waals surface area (Å²) in [4.78, 5) is 25.1. The zero-order valence-electron chi connectivity index (χ0n) is 18.0. The fraction of sp³-hybridized carbons (Fsp3) is 0.667. The van der Waals surface area contributed by atoms with Crippen LogP contribution < -0.4 is 5.73 Å². The minimum atomic E-state index is -3.87. The maximum absolute atomic E-state index is 14.2. The van der Waals surface area contributed by atoms with Gasteiger partial charge in [-0.1, -0.05) is 17.7 Å². The van der Waals surface area contributed by atoms with Gasteiger partial charge in [-0.15, -0.1) is 0 Å². The lowest BCUT2D eigenvalue weighted by molar-refractivity contribution is -0.152. The zero-order valence-corrected chi connectivity index (χ0v) is 19.6. The second kappa shape index (κ2) is 7.52. The first-order chi connectivity index (χ1) is 15.1. The number of ketones is 1. The quantitative estimate of drug-likeness (QED) is 0.598. The Balaban J connectivity index is 1.26. The fourth-order valence-electron chi connectivity index (χ4n) is 7.18. The molecular formula is C24H29ClFNO4S. The standard InChI is InChI=1S/C24H29ClFNO4S/c25-18-2-1-3-19(21(18)26)32(30,31)7-6-23(4-5-23)20(28)10-17-15-8-14-9-16(17)13-24(11-14,12-15)22(27)29/h1-3,14-17H,4-13H2,(H2,27,29). The molecule has 0 radical (unpaired) electrons. The van der Waals surface area contributed by atoms with Crippen molar-refractivity contribution in [3.63, 3.8) is 0 Å². The number of hydrogen-bond donors (Lipinski definition) is 1. The average molecular weight is 482 g/mol. The number of carbonyl (C=O) groups excluding carboxylic acids is 2. The van der Waals surface area contributed by atoms with Gasteiger partial charge in [-0.3, -0.25) is 9.59 Å². The van der Waals surface area contributed by atoms with Gasteiger partial charge >= 0.3 is 0 Å². The van der Waals surface area contributed by atoms with Gasteiger partial charge in [0.05, 0.1) is 10.8 Å². The third kappa shape index (κ3) is 3.60. The lowest BCUT2D eigenvalue weighted by Gasteiger charge is -2.59. The molecule has 0 heterocycles. The number of nitrogens with two attached hydrogens (primary N) is 1. The van der Waals surface area contributed by atoms with Crippen molar-refractivity contribution in [3.8, 4) is 0 Å². The van der Waals surface area contributed by atoms with Gasteiger partial charge in [-0.2, -0.15) is 0 Å². The maximum Gasteiger partial charge on any atom is 0.223 e. The van der Waals surface area contributed by atoms with Crippen molar-refractivity contribution in [3.05, 3.63) is 29.0 Å². The van der Waals surface area contributed by atoms with Crippen LogP contribution in [0.1, 0.15) is 57.8 Å². The Morgan fingerprint density at radius 2 is 1.78 bits per heavy atom. The minimum absolute atomic E-state index is 0.143. The van der Waals surface area contributed by atoms with Crippen LogP contribution in [0.15, 0.2) is 23.1 Å². The summed E-state index contributed by atoms with van der Waals surface area (Å²) in [5.74, 6) is 0.298. The average Bonchev–Trinajstić information content (AvgIpc) is 3.52. The van der Waals surface area contributed by atoms with E-state index in [2.05, 4.69) is 0 Å². The second-order valence-electron chi connectivity index (χ2n) is 10.8. The Bertz CT molecular complexity index is 1070. The number of rotatable bonds is 8. The normalized spacial score (nSPS) is 34.4. The fourth-order valence-corrected chi connectivity index (χ4v) is 8.96. The molecule has 174 valence electrons. The first-order valence-electron chi connectivity index (χ1n) is 11.6. The van der Waals surface area contributed by atoms with Crippen molar-refractivity contribution in [1.82, 2.24) is 0 Å². The molecule has 32 heavy (non-hydrogen) atoms. The molecule has 2 N–H and O–H groups in total. The van der Waals surface area contributed by atoms with Crippen LogP contribution in [0.25, 0.3) is 0 Å². The Hall–Kier alpha value is -1.47. The van der Waals surface area contributed by atoms with Gasteiger partial charge in [-0.05, 0) is 87.2 Å². The first-order valence-corrected chi connectivity index (χ1v) is 13.6. The highest BCUT2D eigenvalue weighted by molar-refractivity contribution is 7.91. The van der Waals surface area contributed by atoms with Gasteiger partial charge in [-0.25, -0.2) is 12.8 Å². The summed E-state index contributed by atoms with van der Waals surface area (Å²) < 4.78 is 39.7. The summed E-state index contributed by atoms with van der Waals surface area (Å²) in [6.45, 7) is 0. The number of halogens is 2. The number of primary amides is 1. The molecule has 5 nitrogen and oxygen atoms in total. The lowest BCUT2D eigenvalue weighted by Crippen LogP contribution is -2.56. The molecule has 5 saturated carbocycles. The van der Waals surface area contributed by atoms with Crippen LogP contribution in [-0.2, 0) is 19.4 Å². The molecule has 5 aliphatic rings. The Kier molecular flexibility index (Phi) is 5.25. The number of benzene rings is 1. The first kappa shape index (κ1) is 22.3. The van der Waals surface area contributed by atoms with Crippen molar-refractivity contribution >= 4 is 33.1 Å². The van der Waals surface area contributed by atoms with E-state index >= 15 is 0 Å². The van der Waals surface area contributed by atoms with Crippen molar-refractivity contribution in [1.29, 1.82) is 0 Å². The lowest BCUT2D eigenvalue weighted by atomic mass is 9.45. The van der Waals surface area contributed by atoms with Gasteiger partial charge in [0.15, 0.2) is 15.7 Å². The number of amides is 1. The molecule has 1 amide bonds. The topological polar surface area (TPSA) is 94.3 Å². The van der Waals surface area contributed by atoms with Crippen LogP contribution in [0.5, 0.6) is 0 Å². The van der Waals surface area contributed by atoms with Crippen LogP contribution >= 0.6 is 11.6 Å². The number of carbonyl (C=O) groups is 2. The predicted octanol–water partition coefficient (Wildman–Crippen LogP) is 4.31. The van der Waals surface area contributed by atoms with E-state index in [0.717, 1.165) is 32.1 Å². The Morgan fingerprint density at radius 3 is 2.38 bits per heavy atom. The van der Waals surface area contributed by atoms with E-state index in [9.17, 15) is 22.4 Å². The van der Waals surface area contributed by atoms with Crippen molar-refractivity contribution in [2.75, 3.05) is 5.75 Å². The van der Waals surface area contributed by atoms with E-state index in [1.54, 1.807) is 0 Å². The largest absolute Gasteiger partial charge is 0.369 e. The molecule has 6 rings (SSSR count). The van der Waals surface area contributed by atoms with Crippen molar-refractivity contribution < 1.29 is 22.4 Å². The number of sulfone groups is 1. The molecular weight excluding hydrogens is 453 g/mol. The van der Waals surface area contributed by atoms with E-state index in [0.29, 0.717) is 37.0 Å². The smallest absolute Gasteiger partial charge is 0.223 e. The van der Waals surface area contributed by atoms with Crippen molar-refractivity contribution in [2.45, 2.75) is 62.7 Å². The summed E-state index contributed by atoms with van der Waals surface area (Å²) in [5.41, 5.74) is 4.80. The highest BCUT2D eigenvalue weighted by atomic mass is 35.5. The number of Topliss-reactive ketones (excluding diaryl/α,β-unsaturated/α-hetero) is 1. The van der Waals surface area contributed by atoms with Crippen LogP contribution in [0, 0.1) is 40.3 Å². The summed E-state index contributed by atoms with van der Waals surface area (Å²) in [5, 5.41) is -0.223. The van der Waals surface area contributed by atoms with E-state index < -0.39 is 26.0 Å². The monoisotopic (exact) mass is 481 g/mol. The predicted molar refractivity (Wildman–Crippen MR) is 118 cm³/mol. The highest BCUT2D eigenvalue weighted by Crippen LogP contribution is 2.63. The minimum Gasteiger partial charge on any atom is -0.369 e. The molecule has 1 aromatic rings. The maximum atomic E-state index is 14.2. The summed E-state index contributed by atoms with van der Waals surface area (Å²) in [6.07, 6.45) is 6.68. The third-order valence-corrected chi connectivity index (χ3v) is 11.0. The summed E-state index contributed by atoms with van der Waals surface area (Å²) in [6, 6.07) is 3.96. The van der Waals surface area contributed by atoms with Crippen molar-refractivity contribution in [2.24, 2.45) is 40.2 Å². The summed E-state index contributed by atoms with van der Waals surface area (Å²) >= 11 is 5.75. The molecule has 0 saturated heterocycles. The molecule has 5 fully saturated rings. The highest BCUT2D eigenvalue weighted by Gasteiger charge is 2.59. The van der Waals surface area contributed by atoms with Gasteiger partial charge in [0.2, 0.25) is 5.91 Å². The third-order valence-electron chi connectivity index (χ3n) is 8.96. The Morgan fingerprint density at radius 1 is 1.12 bits per heavy atom. The molecule has 4 bridgehead atoms. The molecule has 0 aromatic heterocycles. The molecule has 0 aliphatic heterocycles. The van der Waals surface area contributed by atoms with Crippen LogP contribution in [0.2, 0.25) is 5.02 Å². The van der Waals surface area contributed by atoms with Gasteiger partial charge in [0, 0.05) is 17.3 Å². The number of hydrogen-bond acceptors (Lipinski definition) is 4.